The Morgan fingerprint density at radius 1 is 1.05 bits per heavy atom. The standard InChI is InChI=1S/C16H17F2NO2S/c1-10-4-7-16(11(2)8-10)22(20,21)19-12(3)14-6-5-13(17)9-15(14)18/h4-9,12,19H,1-3H3/t12-/m1/s1. The normalized spacial score (nSPS) is 13.1. The summed E-state index contributed by atoms with van der Waals surface area (Å²) in [6.45, 7) is 5.08. The van der Waals surface area contributed by atoms with Crippen LogP contribution in [-0.2, 0) is 10.0 Å². The van der Waals surface area contributed by atoms with Crippen LogP contribution in [-0.4, -0.2) is 8.42 Å². The van der Waals surface area contributed by atoms with Gasteiger partial charge in [-0.15, -0.1) is 0 Å². The molecule has 0 saturated carbocycles. The molecular weight excluding hydrogens is 308 g/mol. The molecule has 0 aliphatic rings. The maximum Gasteiger partial charge on any atom is 0.241 e. The SMILES string of the molecule is Cc1ccc(S(=O)(=O)N[C@H](C)c2ccc(F)cc2F)c(C)c1. The van der Waals surface area contributed by atoms with E-state index in [1.54, 1.807) is 19.1 Å². The van der Waals surface area contributed by atoms with Crippen LogP contribution in [0.2, 0.25) is 0 Å². The van der Waals surface area contributed by atoms with E-state index in [1.807, 2.05) is 6.92 Å². The highest BCUT2D eigenvalue weighted by Crippen LogP contribution is 2.22. The van der Waals surface area contributed by atoms with E-state index in [0.29, 0.717) is 5.56 Å². The van der Waals surface area contributed by atoms with Crippen LogP contribution in [0.1, 0.15) is 29.7 Å². The van der Waals surface area contributed by atoms with Crippen LogP contribution in [0.4, 0.5) is 8.78 Å². The second-order valence-corrected chi connectivity index (χ2v) is 6.96. The van der Waals surface area contributed by atoms with Crippen molar-refractivity contribution in [3.05, 3.63) is 64.7 Å². The third-order valence-corrected chi connectivity index (χ3v) is 5.08. The first-order valence-corrected chi connectivity index (χ1v) is 8.23. The van der Waals surface area contributed by atoms with E-state index in [1.165, 1.54) is 19.1 Å². The van der Waals surface area contributed by atoms with Crippen molar-refractivity contribution in [2.45, 2.75) is 31.7 Å². The Bertz CT molecular complexity index is 804. The van der Waals surface area contributed by atoms with E-state index in [9.17, 15) is 17.2 Å². The molecule has 22 heavy (non-hydrogen) atoms. The molecule has 6 heteroatoms. The molecule has 0 heterocycles. The maximum atomic E-state index is 13.7. The molecule has 0 fully saturated rings. The van der Waals surface area contributed by atoms with Gasteiger partial charge in [0.2, 0.25) is 10.0 Å². The molecule has 2 aromatic rings. The van der Waals surface area contributed by atoms with Gasteiger partial charge in [0.15, 0.2) is 0 Å². The number of sulfonamides is 1. The lowest BCUT2D eigenvalue weighted by atomic mass is 10.1. The summed E-state index contributed by atoms with van der Waals surface area (Å²) in [6, 6.07) is 7.23. The number of nitrogens with one attached hydrogen (secondary N) is 1. The van der Waals surface area contributed by atoms with Gasteiger partial charge in [-0.25, -0.2) is 21.9 Å². The van der Waals surface area contributed by atoms with Crippen LogP contribution < -0.4 is 4.72 Å². The number of aryl methyl sites for hydroxylation is 2. The molecule has 3 nitrogen and oxygen atoms in total. The van der Waals surface area contributed by atoms with Crippen molar-refractivity contribution in [1.82, 2.24) is 4.72 Å². The van der Waals surface area contributed by atoms with Crippen LogP contribution in [0.5, 0.6) is 0 Å². The van der Waals surface area contributed by atoms with E-state index in [4.69, 9.17) is 0 Å². The van der Waals surface area contributed by atoms with Gasteiger partial charge >= 0.3 is 0 Å². The number of hydrogen-bond donors (Lipinski definition) is 1. The van der Waals surface area contributed by atoms with Crippen LogP contribution >= 0.6 is 0 Å². The van der Waals surface area contributed by atoms with Crippen molar-refractivity contribution < 1.29 is 17.2 Å². The topological polar surface area (TPSA) is 46.2 Å². The summed E-state index contributed by atoms with van der Waals surface area (Å²) in [5.74, 6) is -1.48. The highest BCUT2D eigenvalue weighted by atomic mass is 32.2. The van der Waals surface area contributed by atoms with Crippen LogP contribution in [0.3, 0.4) is 0 Å². The smallest absolute Gasteiger partial charge is 0.207 e. The molecule has 0 aliphatic carbocycles. The van der Waals surface area contributed by atoms with E-state index < -0.39 is 27.7 Å². The van der Waals surface area contributed by atoms with Crippen LogP contribution in [0, 0.1) is 25.5 Å². The number of hydrogen-bond acceptors (Lipinski definition) is 2. The quantitative estimate of drug-likeness (QED) is 0.933. The zero-order chi connectivity index (χ0) is 16.5. The summed E-state index contributed by atoms with van der Waals surface area (Å²) >= 11 is 0. The van der Waals surface area contributed by atoms with Gasteiger partial charge in [0.25, 0.3) is 0 Å². The van der Waals surface area contributed by atoms with Crippen LogP contribution in [0.25, 0.3) is 0 Å². The van der Waals surface area contributed by atoms with Crippen molar-refractivity contribution in [3.63, 3.8) is 0 Å². The van der Waals surface area contributed by atoms with Gasteiger partial charge in [0, 0.05) is 17.7 Å². The summed E-state index contributed by atoms with van der Waals surface area (Å²) in [5, 5.41) is 0. The Balaban J connectivity index is 2.31. The zero-order valence-electron chi connectivity index (χ0n) is 12.5. The second kappa shape index (κ2) is 6.14. The monoisotopic (exact) mass is 325 g/mol. The van der Waals surface area contributed by atoms with Gasteiger partial charge in [-0.2, -0.15) is 0 Å². The average Bonchev–Trinajstić information content (AvgIpc) is 2.37. The molecule has 118 valence electrons. The first kappa shape index (κ1) is 16.6. The molecule has 2 rings (SSSR count). The summed E-state index contributed by atoms with van der Waals surface area (Å²) in [6.07, 6.45) is 0. The molecule has 0 aromatic heterocycles. The largest absolute Gasteiger partial charge is 0.241 e. The van der Waals surface area contributed by atoms with Gasteiger partial charge in [-0.1, -0.05) is 23.8 Å². The molecule has 0 saturated heterocycles. The highest BCUT2D eigenvalue weighted by Gasteiger charge is 2.22. The lowest BCUT2D eigenvalue weighted by Crippen LogP contribution is -2.28. The van der Waals surface area contributed by atoms with E-state index >= 15 is 0 Å². The molecule has 2 aromatic carbocycles. The van der Waals surface area contributed by atoms with E-state index in [-0.39, 0.29) is 10.5 Å². The molecular formula is C16H17F2NO2S. The number of halogens is 2. The second-order valence-electron chi connectivity index (χ2n) is 5.28. The predicted octanol–water partition coefficient (Wildman–Crippen LogP) is 3.62. The van der Waals surface area contributed by atoms with Gasteiger partial charge in [-0.3, -0.25) is 0 Å². The Hall–Kier alpha value is -1.79. The molecule has 0 amide bonds. The Kier molecular flexibility index (Phi) is 4.63. The minimum absolute atomic E-state index is 0.0924. The van der Waals surface area contributed by atoms with Crippen molar-refractivity contribution in [1.29, 1.82) is 0 Å². The highest BCUT2D eigenvalue weighted by molar-refractivity contribution is 7.89. The fourth-order valence-electron chi connectivity index (χ4n) is 2.31. The Labute approximate surface area is 129 Å². The molecule has 1 atom stereocenters. The van der Waals surface area contributed by atoms with Crippen molar-refractivity contribution in [2.24, 2.45) is 0 Å². The fourth-order valence-corrected chi connectivity index (χ4v) is 3.76. The summed E-state index contributed by atoms with van der Waals surface area (Å²) in [4.78, 5) is 0.146. The summed E-state index contributed by atoms with van der Waals surface area (Å²) < 4.78 is 53.9. The molecule has 0 aliphatic heterocycles. The first-order valence-electron chi connectivity index (χ1n) is 6.75. The molecule has 0 spiro atoms. The molecule has 0 bridgehead atoms. The van der Waals surface area contributed by atoms with Gasteiger partial charge in [0.1, 0.15) is 11.6 Å². The Morgan fingerprint density at radius 2 is 1.73 bits per heavy atom. The van der Waals surface area contributed by atoms with Crippen molar-refractivity contribution in [2.75, 3.05) is 0 Å². The molecule has 1 N–H and O–H groups in total. The lowest BCUT2D eigenvalue weighted by Gasteiger charge is -2.16. The molecule has 0 unspecified atom stereocenters. The average molecular weight is 325 g/mol. The fraction of sp³-hybridized carbons (Fsp3) is 0.250. The predicted molar refractivity (Wildman–Crippen MR) is 81.0 cm³/mol. The Morgan fingerprint density at radius 3 is 2.32 bits per heavy atom. The third-order valence-electron chi connectivity index (χ3n) is 3.38. The first-order chi connectivity index (χ1) is 10.2. The van der Waals surface area contributed by atoms with Crippen molar-refractivity contribution >= 4 is 10.0 Å². The molecule has 0 radical (unpaired) electrons. The third kappa shape index (κ3) is 3.51. The summed E-state index contributed by atoms with van der Waals surface area (Å²) in [5.41, 5.74) is 1.66. The van der Waals surface area contributed by atoms with E-state index in [2.05, 4.69) is 4.72 Å². The number of benzene rings is 2. The van der Waals surface area contributed by atoms with Gasteiger partial charge in [0.05, 0.1) is 4.90 Å². The van der Waals surface area contributed by atoms with Crippen molar-refractivity contribution in [3.8, 4) is 0 Å². The summed E-state index contributed by atoms with van der Waals surface area (Å²) in [7, 11) is -3.79. The maximum absolute atomic E-state index is 13.7. The minimum atomic E-state index is -3.79. The van der Waals surface area contributed by atoms with E-state index in [0.717, 1.165) is 17.7 Å². The number of rotatable bonds is 4. The minimum Gasteiger partial charge on any atom is -0.207 e. The van der Waals surface area contributed by atoms with Gasteiger partial charge in [-0.05, 0) is 38.5 Å². The van der Waals surface area contributed by atoms with Gasteiger partial charge < -0.3 is 0 Å². The van der Waals surface area contributed by atoms with Crippen LogP contribution in [0.15, 0.2) is 41.3 Å². The zero-order valence-corrected chi connectivity index (χ0v) is 13.3. The lowest BCUT2D eigenvalue weighted by molar-refractivity contribution is 0.539.